The fourth-order valence-electron chi connectivity index (χ4n) is 3.23. The molecule has 0 spiro atoms. The van der Waals surface area contributed by atoms with Gasteiger partial charge in [0, 0.05) is 12.6 Å². The molecule has 4 heteroatoms. The number of hydrogen-bond acceptors (Lipinski definition) is 3. The summed E-state index contributed by atoms with van der Waals surface area (Å²) in [6.07, 6.45) is 5.94. The first-order valence-electron chi connectivity index (χ1n) is 8.94. The Kier molecular flexibility index (Phi) is 7.56. The van der Waals surface area contributed by atoms with Gasteiger partial charge in [-0.3, -0.25) is 4.79 Å². The molecule has 1 atom stereocenters. The van der Waals surface area contributed by atoms with Gasteiger partial charge < -0.3 is 15.3 Å². The molecule has 128 valence electrons. The van der Waals surface area contributed by atoms with Crippen molar-refractivity contribution in [1.82, 2.24) is 10.2 Å². The SMILES string of the molecule is CCCCC(NC1CCN(CCc2ccccc2)CC1)C(=O)O. The van der Waals surface area contributed by atoms with Crippen LogP contribution in [-0.4, -0.2) is 47.7 Å². The number of piperidine rings is 1. The molecule has 1 fully saturated rings. The van der Waals surface area contributed by atoms with Gasteiger partial charge in [-0.2, -0.15) is 0 Å². The maximum absolute atomic E-state index is 11.3. The molecule has 0 bridgehead atoms. The van der Waals surface area contributed by atoms with Crippen molar-refractivity contribution in [2.45, 2.75) is 57.5 Å². The third-order valence-electron chi connectivity index (χ3n) is 4.73. The van der Waals surface area contributed by atoms with Gasteiger partial charge in [0.1, 0.15) is 6.04 Å². The average molecular weight is 318 g/mol. The van der Waals surface area contributed by atoms with E-state index in [0.717, 1.165) is 58.2 Å². The number of carbonyl (C=O) groups is 1. The number of carboxylic acids is 1. The first kappa shape index (κ1) is 18.0. The van der Waals surface area contributed by atoms with E-state index in [9.17, 15) is 9.90 Å². The van der Waals surface area contributed by atoms with Gasteiger partial charge >= 0.3 is 5.97 Å². The first-order chi connectivity index (χ1) is 11.2. The van der Waals surface area contributed by atoms with Crippen molar-refractivity contribution >= 4 is 5.97 Å². The van der Waals surface area contributed by atoms with E-state index in [-0.39, 0.29) is 6.04 Å². The van der Waals surface area contributed by atoms with Crippen LogP contribution in [0.3, 0.4) is 0 Å². The third kappa shape index (κ3) is 6.32. The predicted molar refractivity (Wildman–Crippen MR) is 93.7 cm³/mol. The molecule has 1 unspecified atom stereocenters. The number of carboxylic acid groups (broad SMARTS) is 1. The summed E-state index contributed by atoms with van der Waals surface area (Å²) in [7, 11) is 0. The minimum Gasteiger partial charge on any atom is -0.480 e. The molecule has 1 aromatic rings. The Balaban J connectivity index is 1.69. The highest BCUT2D eigenvalue weighted by atomic mass is 16.4. The van der Waals surface area contributed by atoms with E-state index in [0.29, 0.717) is 6.04 Å². The maximum atomic E-state index is 11.3. The van der Waals surface area contributed by atoms with Crippen LogP contribution in [0, 0.1) is 0 Å². The Bertz CT molecular complexity index is 456. The van der Waals surface area contributed by atoms with Crippen LogP contribution >= 0.6 is 0 Å². The monoisotopic (exact) mass is 318 g/mol. The second-order valence-electron chi connectivity index (χ2n) is 6.55. The van der Waals surface area contributed by atoms with Crippen molar-refractivity contribution in [3.05, 3.63) is 35.9 Å². The van der Waals surface area contributed by atoms with Crippen LogP contribution < -0.4 is 5.32 Å². The standard InChI is InChI=1S/C19H30N2O2/c1-2-3-9-18(19(22)23)20-17-11-14-21(15-12-17)13-10-16-7-5-4-6-8-16/h4-8,17-18,20H,2-3,9-15H2,1H3,(H,22,23). The number of hydrogen-bond donors (Lipinski definition) is 2. The lowest BCUT2D eigenvalue weighted by molar-refractivity contribution is -0.140. The minimum absolute atomic E-state index is 0.348. The van der Waals surface area contributed by atoms with Gasteiger partial charge in [0.05, 0.1) is 0 Å². The molecule has 4 nitrogen and oxygen atoms in total. The van der Waals surface area contributed by atoms with Crippen LogP contribution in [-0.2, 0) is 11.2 Å². The molecule has 1 aliphatic heterocycles. The Morgan fingerprint density at radius 3 is 2.61 bits per heavy atom. The molecule has 0 aromatic heterocycles. The highest BCUT2D eigenvalue weighted by Gasteiger charge is 2.24. The van der Waals surface area contributed by atoms with Gasteiger partial charge in [0.15, 0.2) is 0 Å². The lowest BCUT2D eigenvalue weighted by Gasteiger charge is -2.33. The molecule has 2 N–H and O–H groups in total. The second kappa shape index (κ2) is 9.68. The van der Waals surface area contributed by atoms with Gasteiger partial charge in [-0.15, -0.1) is 0 Å². The summed E-state index contributed by atoms with van der Waals surface area (Å²) in [6, 6.07) is 10.6. The van der Waals surface area contributed by atoms with Gasteiger partial charge in [0.25, 0.3) is 0 Å². The Morgan fingerprint density at radius 1 is 1.30 bits per heavy atom. The zero-order chi connectivity index (χ0) is 16.5. The van der Waals surface area contributed by atoms with Crippen LogP contribution in [0.5, 0.6) is 0 Å². The summed E-state index contributed by atoms with van der Waals surface area (Å²) >= 11 is 0. The summed E-state index contributed by atoms with van der Waals surface area (Å²) in [6.45, 7) is 5.31. The van der Waals surface area contributed by atoms with Crippen LogP contribution in [0.4, 0.5) is 0 Å². The molecule has 1 aromatic carbocycles. The van der Waals surface area contributed by atoms with Crippen molar-refractivity contribution in [2.24, 2.45) is 0 Å². The minimum atomic E-state index is -0.704. The summed E-state index contributed by atoms with van der Waals surface area (Å²) in [4.78, 5) is 13.8. The topological polar surface area (TPSA) is 52.6 Å². The molecule has 23 heavy (non-hydrogen) atoms. The van der Waals surface area contributed by atoms with Crippen LogP contribution in [0.25, 0.3) is 0 Å². The van der Waals surface area contributed by atoms with Gasteiger partial charge in [0.2, 0.25) is 0 Å². The maximum Gasteiger partial charge on any atom is 0.320 e. The molecular weight excluding hydrogens is 288 g/mol. The average Bonchev–Trinajstić information content (AvgIpc) is 2.58. The number of aliphatic carboxylic acids is 1. The largest absolute Gasteiger partial charge is 0.480 e. The summed E-state index contributed by atoms with van der Waals surface area (Å²) in [5.41, 5.74) is 1.39. The Labute approximate surface area is 139 Å². The predicted octanol–water partition coefficient (Wildman–Crippen LogP) is 2.93. The first-order valence-corrected chi connectivity index (χ1v) is 8.94. The Hall–Kier alpha value is -1.39. The number of nitrogens with zero attached hydrogens (tertiary/aromatic N) is 1. The molecular formula is C19H30N2O2. The normalized spacial score (nSPS) is 18.0. The second-order valence-corrected chi connectivity index (χ2v) is 6.55. The van der Waals surface area contributed by atoms with Crippen LogP contribution in [0.15, 0.2) is 30.3 Å². The lowest BCUT2D eigenvalue weighted by atomic mass is 10.0. The lowest BCUT2D eigenvalue weighted by Crippen LogP contribution is -2.49. The zero-order valence-corrected chi connectivity index (χ0v) is 14.2. The van der Waals surface area contributed by atoms with Crippen molar-refractivity contribution in [3.63, 3.8) is 0 Å². The van der Waals surface area contributed by atoms with Gasteiger partial charge in [-0.25, -0.2) is 0 Å². The van der Waals surface area contributed by atoms with Gasteiger partial charge in [-0.1, -0.05) is 50.1 Å². The Morgan fingerprint density at radius 2 is 2.00 bits per heavy atom. The molecule has 0 aliphatic carbocycles. The molecule has 1 saturated heterocycles. The molecule has 1 aliphatic rings. The third-order valence-corrected chi connectivity index (χ3v) is 4.73. The smallest absolute Gasteiger partial charge is 0.320 e. The van der Waals surface area contributed by atoms with E-state index >= 15 is 0 Å². The van der Waals surface area contributed by atoms with E-state index in [1.165, 1.54) is 5.56 Å². The van der Waals surface area contributed by atoms with Crippen molar-refractivity contribution < 1.29 is 9.90 Å². The summed E-state index contributed by atoms with van der Waals surface area (Å²) in [5.74, 6) is -0.704. The molecule has 0 saturated carbocycles. The highest BCUT2D eigenvalue weighted by Crippen LogP contribution is 2.13. The van der Waals surface area contributed by atoms with Crippen molar-refractivity contribution in [2.75, 3.05) is 19.6 Å². The zero-order valence-electron chi connectivity index (χ0n) is 14.2. The van der Waals surface area contributed by atoms with E-state index < -0.39 is 5.97 Å². The molecule has 0 amide bonds. The fourth-order valence-corrected chi connectivity index (χ4v) is 3.23. The molecule has 0 radical (unpaired) electrons. The van der Waals surface area contributed by atoms with Crippen LogP contribution in [0.1, 0.15) is 44.6 Å². The van der Waals surface area contributed by atoms with Crippen molar-refractivity contribution in [3.8, 4) is 0 Å². The highest BCUT2D eigenvalue weighted by molar-refractivity contribution is 5.73. The van der Waals surface area contributed by atoms with E-state index in [1.54, 1.807) is 0 Å². The summed E-state index contributed by atoms with van der Waals surface area (Å²) in [5, 5.41) is 12.7. The van der Waals surface area contributed by atoms with E-state index in [1.807, 2.05) is 0 Å². The van der Waals surface area contributed by atoms with Crippen molar-refractivity contribution in [1.29, 1.82) is 0 Å². The van der Waals surface area contributed by atoms with E-state index in [4.69, 9.17) is 0 Å². The summed E-state index contributed by atoms with van der Waals surface area (Å²) < 4.78 is 0. The molecule has 2 rings (SSSR count). The number of rotatable bonds is 9. The van der Waals surface area contributed by atoms with Crippen LogP contribution in [0.2, 0.25) is 0 Å². The van der Waals surface area contributed by atoms with E-state index in [2.05, 4.69) is 47.5 Å². The fraction of sp³-hybridized carbons (Fsp3) is 0.632. The number of benzene rings is 1. The quantitative estimate of drug-likeness (QED) is 0.735. The molecule has 1 heterocycles. The number of unbranched alkanes of at least 4 members (excludes halogenated alkanes) is 1. The van der Waals surface area contributed by atoms with Gasteiger partial charge in [-0.05, 0) is 44.3 Å². The number of likely N-dealkylation sites (tertiary alicyclic amines) is 1. The number of nitrogens with one attached hydrogen (secondary N) is 1.